The number of halogens is 2. The van der Waals surface area contributed by atoms with Crippen LogP contribution in [0.5, 0.6) is 0 Å². The Morgan fingerprint density at radius 3 is 1.37 bits per heavy atom. The van der Waals surface area contributed by atoms with Crippen LogP contribution < -0.4 is 24.8 Å². The van der Waals surface area contributed by atoms with Crippen molar-refractivity contribution in [3.8, 4) is 0 Å². The number of hydrogen-bond acceptors (Lipinski definition) is 2. The van der Waals surface area contributed by atoms with E-state index < -0.39 is 22.9 Å². The molecule has 0 amide bonds. The van der Waals surface area contributed by atoms with Crippen molar-refractivity contribution in [2.45, 2.75) is 21.2 Å². The zero-order valence-corrected chi connectivity index (χ0v) is 27.7. The third-order valence-electron chi connectivity index (χ3n) is 8.24. The Morgan fingerprint density at radius 2 is 0.951 bits per heavy atom. The van der Waals surface area contributed by atoms with E-state index in [4.69, 9.17) is 8.83 Å². The van der Waals surface area contributed by atoms with Crippen molar-refractivity contribution in [1.29, 1.82) is 0 Å². The Hall–Kier alpha value is -3.11. The summed E-state index contributed by atoms with van der Waals surface area (Å²) in [7, 11) is 0. The summed E-state index contributed by atoms with van der Waals surface area (Å²) in [6.07, 6.45) is 4.84. The van der Waals surface area contributed by atoms with E-state index in [9.17, 15) is 0 Å². The molecule has 2 unspecified atom stereocenters. The molecule has 2 aliphatic carbocycles. The Morgan fingerprint density at radius 1 is 0.512 bits per heavy atom. The van der Waals surface area contributed by atoms with Gasteiger partial charge in [0.15, 0.2) is 0 Å². The van der Waals surface area contributed by atoms with Crippen LogP contribution in [0.1, 0.15) is 52.6 Å². The zero-order chi connectivity index (χ0) is 26.1. The van der Waals surface area contributed by atoms with Gasteiger partial charge in [0.1, 0.15) is 0 Å². The normalized spacial score (nSPS) is 16.8. The average Bonchev–Trinajstić information content (AvgIpc) is 3.74. The third kappa shape index (κ3) is 4.59. The van der Waals surface area contributed by atoms with Gasteiger partial charge in [-0.15, -0.1) is 0 Å². The van der Waals surface area contributed by atoms with Gasteiger partial charge in [0.25, 0.3) is 0 Å². The molecule has 0 radical (unpaired) electrons. The number of aryl methyl sites for hydroxylation is 2. The van der Waals surface area contributed by atoms with Crippen LogP contribution in [0.25, 0.3) is 44.8 Å². The van der Waals surface area contributed by atoms with Crippen molar-refractivity contribution >= 4 is 44.8 Å². The molecule has 0 fully saturated rings. The number of hydrogen-bond donors (Lipinski definition) is 0. The maximum absolute atomic E-state index is 6.28. The summed E-state index contributed by atoms with van der Waals surface area (Å²) in [5.41, 5.74) is 8.36. The monoisotopic (exact) mass is 740 g/mol. The van der Waals surface area contributed by atoms with Gasteiger partial charge in [0.05, 0.1) is 0 Å². The molecular formula is C36H26Cl2HfO2. The standard InChI is InChI=1S/2C18H13O.2ClH.Hf/c2*1-12-6-9-18(19-12)15-10-14-8-7-13-4-2-3-5-16(13)17(14)11-15;;;/h2*2-11H,1H3;2*1H;/q;;;;+2/p-2. The Bertz CT molecular complexity index is 1850. The van der Waals surface area contributed by atoms with Crippen molar-refractivity contribution in [1.82, 2.24) is 0 Å². The molecule has 5 heteroatoms. The minimum Gasteiger partial charge on any atom is -1.00 e. The van der Waals surface area contributed by atoms with Crippen LogP contribution in [0.2, 0.25) is 0 Å². The third-order valence-corrected chi connectivity index (χ3v) is 15.1. The molecule has 0 saturated carbocycles. The second-order valence-electron chi connectivity index (χ2n) is 10.6. The van der Waals surface area contributed by atoms with Crippen molar-refractivity contribution < 1.29 is 56.6 Å². The Kier molecular flexibility index (Phi) is 7.48. The number of allylic oxidation sites excluding steroid dienone is 2. The van der Waals surface area contributed by atoms with Crippen LogP contribution in [0.3, 0.4) is 0 Å². The summed E-state index contributed by atoms with van der Waals surface area (Å²) in [4.78, 5) is 0. The second kappa shape index (κ2) is 10.9. The fourth-order valence-electron chi connectivity index (χ4n) is 6.40. The molecule has 6 aromatic rings. The van der Waals surface area contributed by atoms with Gasteiger partial charge in [-0.25, -0.2) is 0 Å². The predicted molar refractivity (Wildman–Crippen MR) is 156 cm³/mol. The minimum absolute atomic E-state index is 0. The zero-order valence-electron chi connectivity index (χ0n) is 22.6. The van der Waals surface area contributed by atoms with Crippen LogP contribution in [-0.2, 0) is 22.9 Å². The fraction of sp³-hybridized carbons (Fsp3) is 0.111. The number of fused-ring (bicyclic) bond motifs is 6. The SMILES string of the molecule is Cc1ccc(C2=Cc3c(ccc4ccccc34)[CH]2[Hf+2][CH]2C(c3ccc(C)o3)=Cc3c2ccc2ccccc32)o1.[Cl-].[Cl-]. The van der Waals surface area contributed by atoms with Crippen LogP contribution in [0.15, 0.2) is 106 Å². The molecule has 0 spiro atoms. The largest absolute Gasteiger partial charge is 1.00 e. The maximum Gasteiger partial charge on any atom is -1.00 e. The summed E-state index contributed by atoms with van der Waals surface area (Å²) in [6.45, 7) is 4.08. The molecule has 0 aliphatic heterocycles. The quantitative estimate of drug-likeness (QED) is 0.258. The molecule has 0 N–H and O–H groups in total. The van der Waals surface area contributed by atoms with Gasteiger partial charge in [-0.3, -0.25) is 0 Å². The van der Waals surface area contributed by atoms with Crippen molar-refractivity contribution in [3.05, 3.63) is 142 Å². The smallest absolute Gasteiger partial charge is 1.00 e. The van der Waals surface area contributed by atoms with Gasteiger partial charge in [-0.2, -0.15) is 0 Å². The Labute approximate surface area is 263 Å². The fourth-order valence-corrected chi connectivity index (χ4v) is 13.6. The number of furan rings is 2. The first-order valence-electron chi connectivity index (χ1n) is 13.5. The number of benzene rings is 4. The molecule has 8 rings (SSSR count). The van der Waals surface area contributed by atoms with Crippen LogP contribution in [0.4, 0.5) is 0 Å². The summed E-state index contributed by atoms with van der Waals surface area (Å²) in [6, 6.07) is 35.4. The van der Waals surface area contributed by atoms with Crippen molar-refractivity contribution in [2.75, 3.05) is 0 Å². The van der Waals surface area contributed by atoms with E-state index in [2.05, 4.69) is 109 Å². The molecule has 2 aliphatic rings. The van der Waals surface area contributed by atoms with Gasteiger partial charge >= 0.3 is 240 Å². The van der Waals surface area contributed by atoms with Gasteiger partial charge in [-0.05, 0) is 0 Å². The maximum atomic E-state index is 6.28. The molecule has 2 atom stereocenters. The van der Waals surface area contributed by atoms with Gasteiger partial charge in [0.2, 0.25) is 0 Å². The first kappa shape index (κ1) is 28.0. The summed E-state index contributed by atoms with van der Waals surface area (Å²) in [5.74, 6) is 3.95. The minimum atomic E-state index is -1.50. The van der Waals surface area contributed by atoms with E-state index in [-0.39, 0.29) is 24.8 Å². The average molecular weight is 740 g/mol. The van der Waals surface area contributed by atoms with E-state index in [0.717, 1.165) is 23.0 Å². The van der Waals surface area contributed by atoms with Gasteiger partial charge in [0, 0.05) is 0 Å². The molecular weight excluding hydrogens is 714 g/mol. The molecule has 2 aromatic heterocycles. The van der Waals surface area contributed by atoms with Gasteiger partial charge in [-0.1, -0.05) is 0 Å². The van der Waals surface area contributed by atoms with Crippen molar-refractivity contribution in [2.24, 2.45) is 0 Å². The van der Waals surface area contributed by atoms with Crippen molar-refractivity contribution in [3.63, 3.8) is 0 Å². The molecule has 2 heterocycles. The molecule has 4 aromatic carbocycles. The summed E-state index contributed by atoms with van der Waals surface area (Å²) >= 11 is -1.50. The topological polar surface area (TPSA) is 26.3 Å². The molecule has 2 nitrogen and oxygen atoms in total. The van der Waals surface area contributed by atoms with E-state index >= 15 is 0 Å². The summed E-state index contributed by atoms with van der Waals surface area (Å²) < 4.78 is 13.4. The van der Waals surface area contributed by atoms with Gasteiger partial charge < -0.3 is 24.8 Å². The molecule has 0 saturated heterocycles. The van der Waals surface area contributed by atoms with E-state index in [1.165, 1.54) is 54.9 Å². The predicted octanol–water partition coefficient (Wildman–Crippen LogP) is 3.78. The first-order chi connectivity index (χ1) is 19.1. The molecule has 0 bridgehead atoms. The van der Waals surface area contributed by atoms with Crippen LogP contribution in [-0.4, -0.2) is 0 Å². The van der Waals surface area contributed by atoms with E-state index in [1.807, 2.05) is 13.8 Å². The Balaban J connectivity index is 0.00000151. The van der Waals surface area contributed by atoms with Crippen LogP contribution in [0, 0.1) is 13.8 Å². The second-order valence-corrected chi connectivity index (χ2v) is 16.0. The number of rotatable bonds is 4. The molecule has 41 heavy (non-hydrogen) atoms. The van der Waals surface area contributed by atoms with E-state index in [1.54, 1.807) is 0 Å². The first-order valence-corrected chi connectivity index (χ1v) is 17.6. The van der Waals surface area contributed by atoms with E-state index in [0.29, 0.717) is 7.35 Å². The van der Waals surface area contributed by atoms with Crippen LogP contribution >= 0.6 is 0 Å². The molecule has 200 valence electrons. The summed E-state index contributed by atoms with van der Waals surface area (Å²) in [5, 5.41) is 5.25.